The van der Waals surface area contributed by atoms with Gasteiger partial charge >= 0.3 is 0 Å². The summed E-state index contributed by atoms with van der Waals surface area (Å²) in [6, 6.07) is 7.65. The van der Waals surface area contributed by atoms with Crippen LogP contribution in [-0.2, 0) is 0 Å². The maximum Gasteiger partial charge on any atom is 0.280 e. The summed E-state index contributed by atoms with van der Waals surface area (Å²) >= 11 is 1.23. The minimum absolute atomic E-state index is 0.160. The van der Waals surface area contributed by atoms with E-state index in [1.165, 1.54) is 23.8 Å². The first-order chi connectivity index (χ1) is 10.7. The molecule has 2 fully saturated rings. The SMILES string of the molecule is O=C(N[C@@H]1C[C@H]2CC[C@@H]1N2)c1ncc(-c2ccccc2F)s1. The van der Waals surface area contributed by atoms with Crippen LogP contribution in [0.4, 0.5) is 4.39 Å². The minimum atomic E-state index is -0.296. The zero-order chi connectivity index (χ0) is 15.1. The highest BCUT2D eigenvalue weighted by atomic mass is 32.1. The molecule has 3 heterocycles. The molecule has 3 atom stereocenters. The Labute approximate surface area is 131 Å². The van der Waals surface area contributed by atoms with E-state index in [1.54, 1.807) is 24.4 Å². The predicted octanol–water partition coefficient (Wildman–Crippen LogP) is 2.57. The van der Waals surface area contributed by atoms with Gasteiger partial charge in [0.05, 0.1) is 4.88 Å². The van der Waals surface area contributed by atoms with Gasteiger partial charge in [0.1, 0.15) is 5.82 Å². The van der Waals surface area contributed by atoms with Crippen LogP contribution in [0.15, 0.2) is 30.5 Å². The Balaban J connectivity index is 1.49. The van der Waals surface area contributed by atoms with Gasteiger partial charge in [-0.3, -0.25) is 4.79 Å². The Morgan fingerprint density at radius 2 is 2.23 bits per heavy atom. The first kappa shape index (κ1) is 13.8. The molecule has 2 N–H and O–H groups in total. The molecule has 0 aliphatic carbocycles. The molecule has 2 saturated heterocycles. The summed E-state index contributed by atoms with van der Waals surface area (Å²) in [6.07, 6.45) is 4.87. The van der Waals surface area contributed by atoms with Gasteiger partial charge < -0.3 is 10.6 Å². The quantitative estimate of drug-likeness (QED) is 0.915. The van der Waals surface area contributed by atoms with Crippen LogP contribution in [0, 0.1) is 5.82 Å². The standard InChI is InChI=1S/C16H16FN3OS/c17-11-4-2-1-3-10(11)14-8-18-16(22-14)15(21)20-13-7-9-5-6-12(13)19-9/h1-4,8-9,12-13,19H,5-7H2,(H,20,21)/t9-,12+,13-/m1/s1. The molecule has 2 aromatic rings. The number of benzene rings is 1. The molecule has 0 spiro atoms. The first-order valence-corrected chi connectivity index (χ1v) is 8.30. The lowest BCUT2D eigenvalue weighted by Crippen LogP contribution is -2.42. The van der Waals surface area contributed by atoms with Gasteiger partial charge in [0.25, 0.3) is 5.91 Å². The minimum Gasteiger partial charge on any atom is -0.346 e. The molecule has 2 bridgehead atoms. The summed E-state index contributed by atoms with van der Waals surface area (Å²) in [7, 11) is 0. The number of carbonyl (C=O) groups is 1. The first-order valence-electron chi connectivity index (χ1n) is 7.48. The van der Waals surface area contributed by atoms with E-state index in [0.29, 0.717) is 27.5 Å². The van der Waals surface area contributed by atoms with Crippen LogP contribution >= 0.6 is 11.3 Å². The number of nitrogens with one attached hydrogen (secondary N) is 2. The zero-order valence-corrected chi connectivity index (χ0v) is 12.7. The van der Waals surface area contributed by atoms with Crippen LogP contribution in [0.25, 0.3) is 10.4 Å². The molecule has 2 aliphatic heterocycles. The largest absolute Gasteiger partial charge is 0.346 e. The summed E-state index contributed by atoms with van der Waals surface area (Å²) in [5, 5.41) is 6.94. The maximum absolute atomic E-state index is 13.8. The van der Waals surface area contributed by atoms with Crippen molar-refractivity contribution in [2.45, 2.75) is 37.4 Å². The van der Waals surface area contributed by atoms with Crippen LogP contribution in [0.3, 0.4) is 0 Å². The highest BCUT2D eigenvalue weighted by Gasteiger charge is 2.39. The van der Waals surface area contributed by atoms with Gasteiger partial charge in [-0.25, -0.2) is 9.37 Å². The van der Waals surface area contributed by atoms with Gasteiger partial charge in [0.15, 0.2) is 5.01 Å². The van der Waals surface area contributed by atoms with E-state index in [-0.39, 0.29) is 17.8 Å². The van der Waals surface area contributed by atoms with Crippen LogP contribution in [0.1, 0.15) is 29.1 Å². The fourth-order valence-corrected chi connectivity index (χ4v) is 4.22. The van der Waals surface area contributed by atoms with Crippen molar-refractivity contribution in [2.75, 3.05) is 0 Å². The number of hydrogen-bond acceptors (Lipinski definition) is 4. The molecule has 4 rings (SSSR count). The van der Waals surface area contributed by atoms with E-state index in [4.69, 9.17) is 0 Å². The van der Waals surface area contributed by atoms with Crippen molar-refractivity contribution < 1.29 is 9.18 Å². The van der Waals surface area contributed by atoms with E-state index in [0.717, 1.165) is 12.8 Å². The molecule has 1 amide bonds. The van der Waals surface area contributed by atoms with Gasteiger partial charge in [-0.15, -0.1) is 11.3 Å². The lowest BCUT2D eigenvalue weighted by atomic mass is 9.95. The molecule has 0 saturated carbocycles. The lowest BCUT2D eigenvalue weighted by Gasteiger charge is -2.20. The Morgan fingerprint density at radius 1 is 1.36 bits per heavy atom. The molecule has 0 unspecified atom stereocenters. The van der Waals surface area contributed by atoms with Gasteiger partial charge in [0.2, 0.25) is 0 Å². The van der Waals surface area contributed by atoms with Crippen molar-refractivity contribution in [3.8, 4) is 10.4 Å². The second-order valence-corrected chi connectivity index (χ2v) is 6.90. The lowest BCUT2D eigenvalue weighted by molar-refractivity contribution is 0.0930. The number of halogens is 1. The van der Waals surface area contributed by atoms with Crippen LogP contribution in [0.5, 0.6) is 0 Å². The third kappa shape index (κ3) is 2.42. The van der Waals surface area contributed by atoms with Gasteiger partial charge in [-0.05, 0) is 25.3 Å². The van der Waals surface area contributed by atoms with E-state index in [1.807, 2.05) is 0 Å². The Kier molecular flexibility index (Phi) is 3.43. The molecule has 0 radical (unpaired) electrons. The summed E-state index contributed by atoms with van der Waals surface area (Å²) in [5.41, 5.74) is 0.487. The van der Waals surface area contributed by atoms with E-state index in [9.17, 15) is 9.18 Å². The zero-order valence-electron chi connectivity index (χ0n) is 11.9. The number of thiazole rings is 1. The second kappa shape index (κ2) is 5.44. The number of nitrogens with zero attached hydrogens (tertiary/aromatic N) is 1. The fourth-order valence-electron chi connectivity index (χ4n) is 3.38. The number of amides is 1. The van der Waals surface area contributed by atoms with Crippen molar-refractivity contribution in [1.29, 1.82) is 0 Å². The van der Waals surface area contributed by atoms with Crippen molar-refractivity contribution in [1.82, 2.24) is 15.6 Å². The summed E-state index contributed by atoms with van der Waals surface area (Å²) in [6.45, 7) is 0. The second-order valence-electron chi connectivity index (χ2n) is 5.87. The predicted molar refractivity (Wildman–Crippen MR) is 83.3 cm³/mol. The molecule has 6 heteroatoms. The normalized spacial score (nSPS) is 26.3. The Hall–Kier alpha value is -1.79. The highest BCUT2D eigenvalue weighted by molar-refractivity contribution is 7.17. The van der Waals surface area contributed by atoms with Crippen molar-refractivity contribution in [2.24, 2.45) is 0 Å². The molecule has 2 aliphatic rings. The fraction of sp³-hybridized carbons (Fsp3) is 0.375. The van der Waals surface area contributed by atoms with Crippen molar-refractivity contribution in [3.63, 3.8) is 0 Å². The van der Waals surface area contributed by atoms with E-state index < -0.39 is 0 Å². The summed E-state index contributed by atoms with van der Waals surface area (Å²) < 4.78 is 13.8. The molecular formula is C16H16FN3OS. The number of fused-ring (bicyclic) bond motifs is 2. The van der Waals surface area contributed by atoms with Gasteiger partial charge in [-0.2, -0.15) is 0 Å². The van der Waals surface area contributed by atoms with Crippen molar-refractivity contribution >= 4 is 17.2 Å². The molecule has 22 heavy (non-hydrogen) atoms. The molecule has 4 nitrogen and oxygen atoms in total. The smallest absolute Gasteiger partial charge is 0.280 e. The van der Waals surface area contributed by atoms with Crippen LogP contribution in [-0.4, -0.2) is 29.0 Å². The van der Waals surface area contributed by atoms with Gasteiger partial charge in [-0.1, -0.05) is 18.2 Å². The Morgan fingerprint density at radius 3 is 2.95 bits per heavy atom. The van der Waals surface area contributed by atoms with Crippen LogP contribution in [0.2, 0.25) is 0 Å². The average Bonchev–Trinajstić information content (AvgIpc) is 3.24. The summed E-state index contributed by atoms with van der Waals surface area (Å²) in [4.78, 5) is 17.2. The average molecular weight is 317 g/mol. The topological polar surface area (TPSA) is 54.0 Å². The molecule has 1 aromatic carbocycles. The number of aromatic nitrogens is 1. The van der Waals surface area contributed by atoms with Crippen molar-refractivity contribution in [3.05, 3.63) is 41.3 Å². The monoisotopic (exact) mass is 317 g/mol. The third-order valence-electron chi connectivity index (χ3n) is 4.46. The number of hydrogen-bond donors (Lipinski definition) is 2. The number of rotatable bonds is 3. The summed E-state index contributed by atoms with van der Waals surface area (Å²) in [5.74, 6) is -0.456. The van der Waals surface area contributed by atoms with E-state index in [2.05, 4.69) is 15.6 Å². The third-order valence-corrected chi connectivity index (χ3v) is 5.49. The maximum atomic E-state index is 13.8. The number of carbonyl (C=O) groups excluding carboxylic acids is 1. The van der Waals surface area contributed by atoms with Gasteiger partial charge in [0, 0.05) is 29.9 Å². The molecule has 114 valence electrons. The molecular weight excluding hydrogens is 301 g/mol. The Bertz CT molecular complexity index is 717. The molecule has 1 aromatic heterocycles. The van der Waals surface area contributed by atoms with Crippen LogP contribution < -0.4 is 10.6 Å². The van der Waals surface area contributed by atoms with E-state index >= 15 is 0 Å². The highest BCUT2D eigenvalue weighted by Crippen LogP contribution is 2.30.